The van der Waals surface area contributed by atoms with Gasteiger partial charge in [0.1, 0.15) is 0 Å². The Morgan fingerprint density at radius 1 is 1.41 bits per heavy atom. The number of ketones is 1. The van der Waals surface area contributed by atoms with Crippen LogP contribution in [0.3, 0.4) is 0 Å². The van der Waals surface area contributed by atoms with Crippen LogP contribution in [-0.4, -0.2) is 32.5 Å². The Hall–Kier alpha value is -1.68. The molecule has 0 N–H and O–H groups in total. The van der Waals surface area contributed by atoms with E-state index in [1.54, 1.807) is 31.3 Å². The number of carbonyl (C=O) groups excluding carboxylic acids is 2. The second-order valence-electron chi connectivity index (χ2n) is 4.19. The summed E-state index contributed by atoms with van der Waals surface area (Å²) in [5.74, 6) is 0.118. The predicted molar refractivity (Wildman–Crippen MR) is 64.2 cm³/mol. The zero-order valence-electron chi connectivity index (χ0n) is 9.76. The van der Waals surface area contributed by atoms with E-state index in [0.29, 0.717) is 18.8 Å². The van der Waals surface area contributed by atoms with Gasteiger partial charge < -0.3 is 9.64 Å². The summed E-state index contributed by atoms with van der Waals surface area (Å²) in [5, 5.41) is 0. The van der Waals surface area contributed by atoms with Gasteiger partial charge in [-0.3, -0.25) is 9.59 Å². The van der Waals surface area contributed by atoms with Crippen LogP contribution in [0.2, 0.25) is 0 Å². The maximum absolute atomic E-state index is 12.0. The summed E-state index contributed by atoms with van der Waals surface area (Å²) >= 11 is 0. The third kappa shape index (κ3) is 2.53. The number of hydrogen-bond donors (Lipinski definition) is 0. The fourth-order valence-electron chi connectivity index (χ4n) is 1.90. The maximum atomic E-state index is 12.0. The lowest BCUT2D eigenvalue weighted by Crippen LogP contribution is -2.16. The van der Waals surface area contributed by atoms with E-state index in [9.17, 15) is 9.59 Å². The van der Waals surface area contributed by atoms with E-state index in [1.807, 2.05) is 0 Å². The van der Waals surface area contributed by atoms with E-state index in [1.165, 1.54) is 4.90 Å². The van der Waals surface area contributed by atoms with Gasteiger partial charge >= 0.3 is 0 Å². The minimum atomic E-state index is -0.00958. The molecule has 0 radical (unpaired) electrons. The molecule has 1 unspecified atom stereocenters. The molecule has 1 aliphatic rings. The molecule has 1 aliphatic heterocycles. The Kier molecular flexibility index (Phi) is 3.54. The summed E-state index contributed by atoms with van der Waals surface area (Å²) in [5.41, 5.74) is 1.46. The first-order valence-electron chi connectivity index (χ1n) is 5.62. The molecule has 0 aromatic heterocycles. The minimum absolute atomic E-state index is 0.00958. The molecule has 4 heteroatoms. The Bertz CT molecular complexity index is 407. The fraction of sp³-hybridized carbons (Fsp3) is 0.385. The maximum Gasteiger partial charge on any atom is 0.213 e. The molecule has 90 valence electrons. The molecule has 1 fully saturated rings. The molecule has 1 aromatic rings. The van der Waals surface area contributed by atoms with Crippen LogP contribution < -0.4 is 4.90 Å². The topological polar surface area (TPSA) is 46.6 Å². The normalized spacial score (nSPS) is 19.0. The molecule has 0 spiro atoms. The highest BCUT2D eigenvalue weighted by molar-refractivity contribution is 5.98. The number of nitrogens with zero attached hydrogens (tertiary/aromatic N) is 1. The lowest BCUT2D eigenvalue weighted by molar-refractivity contribution is -0.107. The van der Waals surface area contributed by atoms with Crippen LogP contribution in [0.15, 0.2) is 24.3 Å². The molecule has 1 saturated heterocycles. The van der Waals surface area contributed by atoms with Gasteiger partial charge in [0.25, 0.3) is 0 Å². The summed E-state index contributed by atoms with van der Waals surface area (Å²) in [4.78, 5) is 24.1. The van der Waals surface area contributed by atoms with Crippen molar-refractivity contribution < 1.29 is 14.3 Å². The summed E-state index contributed by atoms with van der Waals surface area (Å²) in [6.07, 6.45) is 1.54. The Labute approximate surface area is 100 Å². The highest BCUT2D eigenvalue weighted by atomic mass is 16.5. The molecule has 1 heterocycles. The second-order valence-corrected chi connectivity index (χ2v) is 4.19. The van der Waals surface area contributed by atoms with Gasteiger partial charge in [0.05, 0.1) is 6.61 Å². The molecule has 2 rings (SSSR count). The molecule has 1 amide bonds. The average Bonchev–Trinajstić information content (AvgIpc) is 2.91. The zero-order valence-corrected chi connectivity index (χ0v) is 9.76. The summed E-state index contributed by atoms with van der Waals surface area (Å²) in [7, 11) is 1.68. The van der Waals surface area contributed by atoms with Gasteiger partial charge in [-0.25, -0.2) is 0 Å². The van der Waals surface area contributed by atoms with Crippen molar-refractivity contribution in [2.24, 2.45) is 5.92 Å². The second kappa shape index (κ2) is 5.10. The van der Waals surface area contributed by atoms with Crippen LogP contribution in [0.5, 0.6) is 0 Å². The Morgan fingerprint density at radius 3 is 2.65 bits per heavy atom. The van der Waals surface area contributed by atoms with Crippen molar-refractivity contribution in [1.82, 2.24) is 0 Å². The predicted octanol–water partition coefficient (Wildman–Crippen LogP) is 1.50. The lowest BCUT2D eigenvalue weighted by Gasteiger charge is -2.11. The summed E-state index contributed by atoms with van der Waals surface area (Å²) < 4.78 is 5.20. The third-order valence-corrected chi connectivity index (χ3v) is 3.02. The molecule has 4 nitrogen and oxygen atoms in total. The van der Waals surface area contributed by atoms with Gasteiger partial charge in [0.15, 0.2) is 5.78 Å². The molecule has 17 heavy (non-hydrogen) atoms. The van der Waals surface area contributed by atoms with Crippen molar-refractivity contribution in [1.29, 1.82) is 0 Å². The van der Waals surface area contributed by atoms with E-state index >= 15 is 0 Å². The molecule has 1 aromatic carbocycles. The number of anilines is 1. The van der Waals surface area contributed by atoms with Crippen molar-refractivity contribution in [3.63, 3.8) is 0 Å². The van der Waals surface area contributed by atoms with Crippen molar-refractivity contribution in [3.8, 4) is 0 Å². The SMILES string of the molecule is CN(C=O)c1ccc(C(=O)C2CCOC2)cc1. The lowest BCUT2D eigenvalue weighted by atomic mass is 9.97. The molecular weight excluding hydrogens is 218 g/mol. The van der Waals surface area contributed by atoms with Gasteiger partial charge in [-0.1, -0.05) is 0 Å². The first kappa shape index (κ1) is 11.8. The molecule has 0 saturated carbocycles. The number of hydrogen-bond acceptors (Lipinski definition) is 3. The van der Waals surface area contributed by atoms with Crippen molar-refractivity contribution in [3.05, 3.63) is 29.8 Å². The van der Waals surface area contributed by atoms with Gasteiger partial charge in [-0.2, -0.15) is 0 Å². The Balaban J connectivity index is 2.11. The summed E-state index contributed by atoms with van der Waals surface area (Å²) in [6.45, 7) is 1.19. The van der Waals surface area contributed by atoms with E-state index in [4.69, 9.17) is 4.74 Å². The van der Waals surface area contributed by atoms with Crippen LogP contribution in [0.1, 0.15) is 16.8 Å². The van der Waals surface area contributed by atoms with Gasteiger partial charge in [0, 0.05) is 30.8 Å². The average molecular weight is 233 g/mol. The highest BCUT2D eigenvalue weighted by Crippen LogP contribution is 2.20. The number of amides is 1. The number of carbonyl (C=O) groups is 2. The van der Waals surface area contributed by atoms with Gasteiger partial charge in [-0.05, 0) is 30.7 Å². The number of rotatable bonds is 4. The zero-order chi connectivity index (χ0) is 12.3. The van der Waals surface area contributed by atoms with Crippen LogP contribution in [0.4, 0.5) is 5.69 Å². The molecule has 0 aliphatic carbocycles. The van der Waals surface area contributed by atoms with Crippen LogP contribution >= 0.6 is 0 Å². The number of benzene rings is 1. The van der Waals surface area contributed by atoms with Crippen LogP contribution in [0, 0.1) is 5.92 Å². The molecule has 1 atom stereocenters. The van der Waals surface area contributed by atoms with E-state index in [0.717, 1.165) is 18.5 Å². The third-order valence-electron chi connectivity index (χ3n) is 3.02. The van der Waals surface area contributed by atoms with E-state index < -0.39 is 0 Å². The first-order valence-corrected chi connectivity index (χ1v) is 5.62. The highest BCUT2D eigenvalue weighted by Gasteiger charge is 2.24. The fourth-order valence-corrected chi connectivity index (χ4v) is 1.90. The van der Waals surface area contributed by atoms with Crippen molar-refractivity contribution >= 4 is 17.9 Å². The molecule has 0 bridgehead atoms. The standard InChI is InChI=1S/C13H15NO3/c1-14(9-15)12-4-2-10(3-5-12)13(16)11-6-7-17-8-11/h2-5,9,11H,6-8H2,1H3. The summed E-state index contributed by atoms with van der Waals surface area (Å²) in [6, 6.07) is 7.07. The number of Topliss-reactive ketones (excluding diaryl/α,β-unsaturated/α-hetero) is 1. The van der Waals surface area contributed by atoms with E-state index in [2.05, 4.69) is 0 Å². The smallest absolute Gasteiger partial charge is 0.213 e. The van der Waals surface area contributed by atoms with Crippen molar-refractivity contribution in [2.75, 3.05) is 25.2 Å². The Morgan fingerprint density at radius 2 is 2.12 bits per heavy atom. The van der Waals surface area contributed by atoms with Gasteiger partial charge in [-0.15, -0.1) is 0 Å². The minimum Gasteiger partial charge on any atom is -0.381 e. The van der Waals surface area contributed by atoms with Crippen LogP contribution in [0.25, 0.3) is 0 Å². The van der Waals surface area contributed by atoms with Gasteiger partial charge in [0.2, 0.25) is 6.41 Å². The quantitative estimate of drug-likeness (QED) is 0.585. The number of ether oxygens (including phenoxy) is 1. The molecular formula is C13H15NO3. The van der Waals surface area contributed by atoms with Crippen molar-refractivity contribution in [2.45, 2.75) is 6.42 Å². The largest absolute Gasteiger partial charge is 0.381 e. The monoisotopic (exact) mass is 233 g/mol. The first-order chi connectivity index (χ1) is 8.22. The van der Waals surface area contributed by atoms with E-state index in [-0.39, 0.29) is 11.7 Å². The van der Waals surface area contributed by atoms with Crippen LogP contribution in [-0.2, 0) is 9.53 Å².